The lowest BCUT2D eigenvalue weighted by Crippen LogP contribution is -2.50. The van der Waals surface area contributed by atoms with Gasteiger partial charge in [-0.3, -0.25) is 9.59 Å². The lowest BCUT2D eigenvalue weighted by molar-refractivity contribution is -0.144. The van der Waals surface area contributed by atoms with Crippen molar-refractivity contribution in [2.24, 2.45) is 5.14 Å². The number of anilines is 1. The summed E-state index contributed by atoms with van der Waals surface area (Å²) < 4.78 is 22.3. The van der Waals surface area contributed by atoms with Crippen LogP contribution >= 0.6 is 0 Å². The monoisotopic (exact) mass is 326 g/mol. The van der Waals surface area contributed by atoms with Crippen molar-refractivity contribution >= 4 is 27.5 Å². The number of nitrogens with two attached hydrogens (primary N) is 1. The Balaban J connectivity index is 1.98. The van der Waals surface area contributed by atoms with Gasteiger partial charge in [0.25, 0.3) is 0 Å². The number of hydrogen-bond donors (Lipinski definition) is 2. The van der Waals surface area contributed by atoms with Crippen LogP contribution in [-0.4, -0.2) is 63.3 Å². The predicted molar refractivity (Wildman–Crippen MR) is 80.5 cm³/mol. The normalized spacial score (nSPS) is 16.4. The number of carbonyl (C=O) groups is 2. The maximum absolute atomic E-state index is 12.0. The molecule has 2 amide bonds. The zero-order valence-electron chi connectivity index (χ0n) is 12.2. The van der Waals surface area contributed by atoms with E-state index in [2.05, 4.69) is 10.2 Å². The summed E-state index contributed by atoms with van der Waals surface area (Å²) >= 11 is 0. The molecule has 1 heterocycles. The molecule has 0 aliphatic carbocycles. The molecule has 2 rings (SSSR count). The Morgan fingerprint density at radius 3 is 2.14 bits per heavy atom. The van der Waals surface area contributed by atoms with Crippen molar-refractivity contribution in [2.75, 3.05) is 38.5 Å². The lowest BCUT2D eigenvalue weighted by atomic mass is 10.3. The fraction of sp³-hybridized carbons (Fsp3) is 0.385. The highest BCUT2D eigenvalue weighted by molar-refractivity contribution is 7.89. The minimum atomic E-state index is -3.78. The molecule has 0 atom stereocenters. The third-order valence-corrected chi connectivity index (χ3v) is 4.35. The largest absolute Gasteiger partial charge is 0.332 e. The minimum Gasteiger partial charge on any atom is -0.332 e. The predicted octanol–water partition coefficient (Wildman–Crippen LogP) is -0.953. The Labute approximate surface area is 128 Å². The van der Waals surface area contributed by atoms with Crippen molar-refractivity contribution in [3.8, 4) is 0 Å². The molecule has 0 bridgehead atoms. The quantitative estimate of drug-likeness (QED) is 0.680. The SMILES string of the molecule is CN1CCN(C(=O)C(=O)Nc2ccc(S(N)(=O)=O)cc2)CC1. The van der Waals surface area contributed by atoms with E-state index in [9.17, 15) is 18.0 Å². The van der Waals surface area contributed by atoms with Crippen molar-refractivity contribution in [2.45, 2.75) is 4.90 Å². The van der Waals surface area contributed by atoms with Gasteiger partial charge in [0, 0.05) is 31.9 Å². The lowest BCUT2D eigenvalue weighted by Gasteiger charge is -2.31. The molecular formula is C13H18N4O4S. The Morgan fingerprint density at radius 1 is 1.09 bits per heavy atom. The van der Waals surface area contributed by atoms with E-state index in [0.717, 1.165) is 13.1 Å². The van der Waals surface area contributed by atoms with Gasteiger partial charge in [0.1, 0.15) is 0 Å². The second-order valence-electron chi connectivity index (χ2n) is 5.12. The van der Waals surface area contributed by atoms with Crippen LogP contribution in [0.15, 0.2) is 29.2 Å². The molecule has 1 aromatic rings. The molecule has 0 spiro atoms. The Bertz CT molecular complexity index is 664. The fourth-order valence-electron chi connectivity index (χ4n) is 2.07. The summed E-state index contributed by atoms with van der Waals surface area (Å²) in [6.07, 6.45) is 0. The fourth-order valence-corrected chi connectivity index (χ4v) is 2.58. The molecule has 0 aromatic heterocycles. The van der Waals surface area contributed by atoms with E-state index in [0.29, 0.717) is 18.8 Å². The molecule has 1 fully saturated rings. The van der Waals surface area contributed by atoms with Gasteiger partial charge in [0.2, 0.25) is 10.0 Å². The van der Waals surface area contributed by atoms with Crippen LogP contribution in [0.2, 0.25) is 0 Å². The maximum atomic E-state index is 12.0. The number of carbonyl (C=O) groups excluding carboxylic acids is 2. The Hall–Kier alpha value is -1.97. The average Bonchev–Trinajstić information content (AvgIpc) is 2.47. The van der Waals surface area contributed by atoms with E-state index in [1.165, 1.54) is 29.2 Å². The summed E-state index contributed by atoms with van der Waals surface area (Å²) in [5.74, 6) is -1.34. The number of rotatable bonds is 2. The van der Waals surface area contributed by atoms with Crippen LogP contribution < -0.4 is 10.5 Å². The summed E-state index contributed by atoms with van der Waals surface area (Å²) in [6, 6.07) is 5.31. The van der Waals surface area contributed by atoms with Gasteiger partial charge in [-0.05, 0) is 31.3 Å². The van der Waals surface area contributed by atoms with Crippen molar-refractivity contribution < 1.29 is 18.0 Å². The molecule has 1 aliphatic heterocycles. The number of sulfonamides is 1. The smallest absolute Gasteiger partial charge is 0.313 e. The summed E-state index contributed by atoms with van der Waals surface area (Å²) in [5, 5.41) is 7.43. The Kier molecular flexibility index (Phi) is 4.79. The number of nitrogens with one attached hydrogen (secondary N) is 1. The van der Waals surface area contributed by atoms with Gasteiger partial charge in [0.05, 0.1) is 4.90 Å². The highest BCUT2D eigenvalue weighted by Gasteiger charge is 2.24. The molecule has 1 aliphatic rings. The van der Waals surface area contributed by atoms with E-state index in [-0.39, 0.29) is 4.90 Å². The molecular weight excluding hydrogens is 308 g/mol. The van der Waals surface area contributed by atoms with Gasteiger partial charge in [-0.25, -0.2) is 13.6 Å². The van der Waals surface area contributed by atoms with Crippen LogP contribution in [0.3, 0.4) is 0 Å². The van der Waals surface area contributed by atoms with Crippen molar-refractivity contribution in [1.82, 2.24) is 9.80 Å². The minimum absolute atomic E-state index is 0.0594. The van der Waals surface area contributed by atoms with Gasteiger partial charge in [-0.1, -0.05) is 0 Å². The number of primary sulfonamides is 1. The summed E-state index contributed by atoms with van der Waals surface area (Å²) in [4.78, 5) is 27.4. The molecule has 9 heteroatoms. The third-order valence-electron chi connectivity index (χ3n) is 3.43. The van der Waals surface area contributed by atoms with E-state index < -0.39 is 21.8 Å². The number of nitrogens with zero attached hydrogens (tertiary/aromatic N) is 2. The van der Waals surface area contributed by atoms with Crippen molar-refractivity contribution in [3.63, 3.8) is 0 Å². The molecule has 0 saturated carbocycles. The van der Waals surface area contributed by atoms with Gasteiger partial charge < -0.3 is 15.1 Å². The van der Waals surface area contributed by atoms with Crippen LogP contribution in [0.4, 0.5) is 5.69 Å². The van der Waals surface area contributed by atoms with Crippen LogP contribution in [0.25, 0.3) is 0 Å². The second kappa shape index (κ2) is 6.42. The molecule has 1 saturated heterocycles. The van der Waals surface area contributed by atoms with Gasteiger partial charge in [-0.2, -0.15) is 0 Å². The molecule has 22 heavy (non-hydrogen) atoms. The van der Waals surface area contributed by atoms with Gasteiger partial charge >= 0.3 is 11.8 Å². The highest BCUT2D eigenvalue weighted by atomic mass is 32.2. The van der Waals surface area contributed by atoms with Crippen molar-refractivity contribution in [3.05, 3.63) is 24.3 Å². The zero-order valence-corrected chi connectivity index (χ0v) is 13.0. The molecule has 0 radical (unpaired) electrons. The van der Waals surface area contributed by atoms with Gasteiger partial charge in [-0.15, -0.1) is 0 Å². The topological polar surface area (TPSA) is 113 Å². The number of piperazine rings is 1. The van der Waals surface area contributed by atoms with E-state index in [4.69, 9.17) is 5.14 Å². The van der Waals surface area contributed by atoms with E-state index in [1.807, 2.05) is 7.05 Å². The molecule has 1 aromatic carbocycles. The summed E-state index contributed by atoms with van der Waals surface area (Å²) in [5.41, 5.74) is 0.333. The number of benzene rings is 1. The first kappa shape index (κ1) is 16.4. The molecule has 3 N–H and O–H groups in total. The van der Waals surface area contributed by atoms with Crippen LogP contribution in [-0.2, 0) is 19.6 Å². The first-order valence-corrected chi connectivity index (χ1v) is 8.23. The summed E-state index contributed by atoms with van der Waals surface area (Å²) in [6.45, 7) is 2.46. The second-order valence-corrected chi connectivity index (χ2v) is 6.68. The summed E-state index contributed by atoms with van der Waals surface area (Å²) in [7, 11) is -1.83. The average molecular weight is 326 g/mol. The van der Waals surface area contributed by atoms with Gasteiger partial charge in [0.15, 0.2) is 0 Å². The van der Waals surface area contributed by atoms with Crippen LogP contribution in [0, 0.1) is 0 Å². The highest BCUT2D eigenvalue weighted by Crippen LogP contribution is 2.13. The Morgan fingerprint density at radius 2 is 1.64 bits per heavy atom. The first-order chi connectivity index (χ1) is 10.3. The number of hydrogen-bond acceptors (Lipinski definition) is 5. The molecule has 0 unspecified atom stereocenters. The maximum Gasteiger partial charge on any atom is 0.313 e. The standard InChI is InChI=1S/C13H18N4O4S/c1-16-6-8-17(9-7-16)13(19)12(18)15-10-2-4-11(5-3-10)22(14,20)21/h2-5H,6-9H2,1H3,(H,15,18)(H2,14,20,21). The van der Waals surface area contributed by atoms with E-state index in [1.54, 1.807) is 0 Å². The van der Waals surface area contributed by atoms with Crippen LogP contribution in [0.5, 0.6) is 0 Å². The number of likely N-dealkylation sites (N-methyl/N-ethyl adjacent to an activating group) is 1. The van der Waals surface area contributed by atoms with Crippen molar-refractivity contribution in [1.29, 1.82) is 0 Å². The first-order valence-electron chi connectivity index (χ1n) is 6.69. The van der Waals surface area contributed by atoms with E-state index >= 15 is 0 Å². The molecule has 120 valence electrons. The van der Waals surface area contributed by atoms with Crippen LogP contribution in [0.1, 0.15) is 0 Å². The number of amides is 2. The zero-order chi connectivity index (χ0) is 16.3. The third kappa shape index (κ3) is 4.03. The molecule has 8 nitrogen and oxygen atoms in total.